The second kappa shape index (κ2) is 5.25. The molecule has 0 atom stereocenters. The summed E-state index contributed by atoms with van der Waals surface area (Å²) < 4.78 is 5.37. The zero-order chi connectivity index (χ0) is 14.0. The van der Waals surface area contributed by atoms with Crippen LogP contribution in [-0.4, -0.2) is 35.9 Å². The highest BCUT2D eigenvalue weighted by molar-refractivity contribution is 6.04. The summed E-state index contributed by atoms with van der Waals surface area (Å²) in [7, 11) is 0. The molecule has 0 radical (unpaired) electrons. The van der Waals surface area contributed by atoms with Crippen molar-refractivity contribution in [2.75, 3.05) is 19.8 Å². The van der Waals surface area contributed by atoms with Gasteiger partial charge in [0.05, 0.1) is 5.52 Å². The molecule has 106 valence electrons. The van der Waals surface area contributed by atoms with Crippen molar-refractivity contribution in [3.63, 3.8) is 0 Å². The largest absolute Gasteiger partial charge is 0.381 e. The summed E-state index contributed by atoms with van der Waals surface area (Å²) in [6.07, 6.45) is 1.96. The second-order valence-corrected chi connectivity index (χ2v) is 5.72. The Kier molecular flexibility index (Phi) is 3.44. The third-order valence-corrected chi connectivity index (χ3v) is 4.06. The fourth-order valence-electron chi connectivity index (χ4n) is 2.55. The van der Waals surface area contributed by atoms with Gasteiger partial charge in [-0.2, -0.15) is 5.10 Å². The fourth-order valence-corrected chi connectivity index (χ4v) is 2.55. The van der Waals surface area contributed by atoms with E-state index in [1.807, 2.05) is 24.3 Å². The maximum Gasteiger partial charge on any atom is 0.272 e. The molecule has 0 saturated carbocycles. The maximum atomic E-state index is 12.3. The number of nitrogens with zero attached hydrogens (tertiary/aromatic N) is 1. The molecule has 1 saturated heterocycles. The van der Waals surface area contributed by atoms with Crippen molar-refractivity contribution in [1.82, 2.24) is 15.5 Å². The molecule has 1 aliphatic rings. The number of aromatic nitrogens is 2. The van der Waals surface area contributed by atoms with E-state index in [0.29, 0.717) is 12.2 Å². The number of benzene rings is 1. The first-order valence-electron chi connectivity index (χ1n) is 6.97. The van der Waals surface area contributed by atoms with Crippen molar-refractivity contribution in [2.45, 2.75) is 19.8 Å². The second-order valence-electron chi connectivity index (χ2n) is 5.72. The Hall–Kier alpha value is -1.88. The lowest BCUT2D eigenvalue weighted by Gasteiger charge is -2.33. The van der Waals surface area contributed by atoms with Crippen molar-refractivity contribution in [3.05, 3.63) is 30.0 Å². The molecular formula is C15H19N3O2. The highest BCUT2D eigenvalue weighted by Crippen LogP contribution is 2.28. The number of hydrogen-bond acceptors (Lipinski definition) is 3. The van der Waals surface area contributed by atoms with E-state index in [4.69, 9.17) is 4.74 Å². The van der Waals surface area contributed by atoms with E-state index < -0.39 is 0 Å². The van der Waals surface area contributed by atoms with Crippen LogP contribution in [-0.2, 0) is 4.74 Å². The highest BCUT2D eigenvalue weighted by atomic mass is 16.5. The highest BCUT2D eigenvalue weighted by Gasteiger charge is 2.28. The standard InChI is InChI=1S/C15H19N3O2/c1-15(6-8-20-9-7-15)10-16-14(19)13-11-4-2-3-5-12(11)17-18-13/h2-5H,6-10H2,1H3,(H,16,19)(H,17,18). The third kappa shape index (κ3) is 2.54. The summed E-state index contributed by atoms with van der Waals surface area (Å²) in [5.41, 5.74) is 1.48. The summed E-state index contributed by atoms with van der Waals surface area (Å²) in [6, 6.07) is 7.66. The lowest BCUT2D eigenvalue weighted by Crippen LogP contribution is -2.39. The van der Waals surface area contributed by atoms with Crippen LogP contribution in [0.5, 0.6) is 0 Å². The Labute approximate surface area is 117 Å². The molecule has 1 amide bonds. The van der Waals surface area contributed by atoms with Gasteiger partial charge in [0.15, 0.2) is 5.69 Å². The Morgan fingerprint density at radius 2 is 2.15 bits per heavy atom. The van der Waals surface area contributed by atoms with Crippen molar-refractivity contribution in [3.8, 4) is 0 Å². The van der Waals surface area contributed by atoms with Crippen LogP contribution in [0.3, 0.4) is 0 Å². The number of hydrogen-bond donors (Lipinski definition) is 2. The normalized spacial score (nSPS) is 18.1. The third-order valence-electron chi connectivity index (χ3n) is 4.06. The number of para-hydroxylation sites is 1. The monoisotopic (exact) mass is 273 g/mol. The number of carbonyl (C=O) groups is 1. The minimum absolute atomic E-state index is 0.116. The van der Waals surface area contributed by atoms with Gasteiger partial charge in [0.1, 0.15) is 0 Å². The van der Waals surface area contributed by atoms with Gasteiger partial charge in [-0.25, -0.2) is 0 Å². The first-order chi connectivity index (χ1) is 9.68. The van der Waals surface area contributed by atoms with Crippen LogP contribution < -0.4 is 5.32 Å². The Balaban J connectivity index is 1.70. The minimum atomic E-state index is -0.116. The molecule has 1 aliphatic heterocycles. The molecule has 3 rings (SSSR count). The molecule has 20 heavy (non-hydrogen) atoms. The number of rotatable bonds is 3. The van der Waals surface area contributed by atoms with Crippen LogP contribution in [0.2, 0.25) is 0 Å². The molecule has 2 aromatic rings. The van der Waals surface area contributed by atoms with E-state index in [1.54, 1.807) is 0 Å². The quantitative estimate of drug-likeness (QED) is 0.900. The number of carbonyl (C=O) groups excluding carboxylic acids is 1. The van der Waals surface area contributed by atoms with Gasteiger partial charge in [0.2, 0.25) is 0 Å². The zero-order valence-electron chi connectivity index (χ0n) is 11.6. The Bertz CT molecular complexity index is 614. The summed E-state index contributed by atoms with van der Waals surface area (Å²) >= 11 is 0. The molecule has 1 fully saturated rings. The number of ether oxygens (including phenoxy) is 1. The average Bonchev–Trinajstić information content (AvgIpc) is 2.90. The van der Waals surface area contributed by atoms with Crippen LogP contribution in [0.4, 0.5) is 0 Å². The van der Waals surface area contributed by atoms with Gasteiger partial charge in [0.25, 0.3) is 5.91 Å². The first-order valence-corrected chi connectivity index (χ1v) is 6.97. The van der Waals surface area contributed by atoms with Crippen molar-refractivity contribution in [2.24, 2.45) is 5.41 Å². The van der Waals surface area contributed by atoms with Crippen molar-refractivity contribution in [1.29, 1.82) is 0 Å². The molecule has 5 heteroatoms. The molecule has 0 bridgehead atoms. The maximum absolute atomic E-state index is 12.3. The smallest absolute Gasteiger partial charge is 0.272 e. The van der Waals surface area contributed by atoms with E-state index in [9.17, 15) is 4.79 Å². The predicted molar refractivity (Wildman–Crippen MR) is 76.6 cm³/mol. The number of aromatic amines is 1. The lowest BCUT2D eigenvalue weighted by molar-refractivity contribution is 0.0238. The van der Waals surface area contributed by atoms with Crippen molar-refractivity contribution < 1.29 is 9.53 Å². The van der Waals surface area contributed by atoms with Gasteiger partial charge in [-0.05, 0) is 24.3 Å². The number of H-pyrrole nitrogens is 1. The Morgan fingerprint density at radius 3 is 2.95 bits per heavy atom. The van der Waals surface area contributed by atoms with E-state index in [0.717, 1.165) is 37.0 Å². The van der Waals surface area contributed by atoms with Gasteiger partial charge in [-0.3, -0.25) is 9.89 Å². The number of nitrogens with one attached hydrogen (secondary N) is 2. The minimum Gasteiger partial charge on any atom is -0.381 e. The predicted octanol–water partition coefficient (Wildman–Crippen LogP) is 2.11. The number of fused-ring (bicyclic) bond motifs is 1. The molecule has 2 N–H and O–H groups in total. The molecule has 5 nitrogen and oxygen atoms in total. The van der Waals surface area contributed by atoms with Gasteiger partial charge in [0, 0.05) is 25.1 Å². The molecule has 1 aromatic heterocycles. The van der Waals surface area contributed by atoms with E-state index in [-0.39, 0.29) is 11.3 Å². The Morgan fingerprint density at radius 1 is 1.40 bits per heavy atom. The molecule has 0 spiro atoms. The molecule has 0 aliphatic carbocycles. The molecule has 0 unspecified atom stereocenters. The summed E-state index contributed by atoms with van der Waals surface area (Å²) in [4.78, 5) is 12.3. The summed E-state index contributed by atoms with van der Waals surface area (Å²) in [5, 5.41) is 10.9. The zero-order valence-corrected chi connectivity index (χ0v) is 11.6. The van der Waals surface area contributed by atoms with Crippen LogP contribution in [0.25, 0.3) is 10.9 Å². The topological polar surface area (TPSA) is 67.0 Å². The molecule has 2 heterocycles. The van der Waals surface area contributed by atoms with Gasteiger partial charge < -0.3 is 10.1 Å². The fraction of sp³-hybridized carbons (Fsp3) is 0.467. The lowest BCUT2D eigenvalue weighted by atomic mass is 9.82. The molecule has 1 aromatic carbocycles. The van der Waals surface area contributed by atoms with E-state index in [2.05, 4.69) is 22.4 Å². The van der Waals surface area contributed by atoms with Gasteiger partial charge >= 0.3 is 0 Å². The average molecular weight is 273 g/mol. The first kappa shape index (κ1) is 13.1. The van der Waals surface area contributed by atoms with E-state index >= 15 is 0 Å². The summed E-state index contributed by atoms with van der Waals surface area (Å²) in [5.74, 6) is -0.116. The van der Waals surface area contributed by atoms with Gasteiger partial charge in [-0.15, -0.1) is 0 Å². The SMILES string of the molecule is CC1(CNC(=O)c2n[nH]c3ccccc23)CCOCC1. The number of amides is 1. The van der Waals surface area contributed by atoms with Crippen molar-refractivity contribution >= 4 is 16.8 Å². The van der Waals surface area contributed by atoms with Crippen LogP contribution in [0.15, 0.2) is 24.3 Å². The molecular weight excluding hydrogens is 254 g/mol. The van der Waals surface area contributed by atoms with Gasteiger partial charge in [-0.1, -0.05) is 25.1 Å². The van der Waals surface area contributed by atoms with E-state index in [1.165, 1.54) is 0 Å². The van der Waals surface area contributed by atoms with Crippen LogP contribution in [0, 0.1) is 5.41 Å². The van der Waals surface area contributed by atoms with Crippen LogP contribution >= 0.6 is 0 Å². The van der Waals surface area contributed by atoms with Crippen LogP contribution in [0.1, 0.15) is 30.3 Å². The summed E-state index contributed by atoms with van der Waals surface area (Å²) in [6.45, 7) is 4.41.